The second-order valence-electron chi connectivity index (χ2n) is 9.04. The molecule has 1 saturated heterocycles. The van der Waals surface area contributed by atoms with Gasteiger partial charge in [-0.25, -0.2) is 9.89 Å². The quantitative estimate of drug-likeness (QED) is 0.530. The van der Waals surface area contributed by atoms with Gasteiger partial charge in [-0.2, -0.15) is 0 Å². The molecule has 1 N–H and O–H groups in total. The molecule has 0 aliphatic carbocycles. The van der Waals surface area contributed by atoms with Crippen LogP contribution in [0.15, 0.2) is 51.7 Å². The Bertz CT molecular complexity index is 1250. The number of hydrogen-bond acceptors (Lipinski definition) is 5. The van der Waals surface area contributed by atoms with Gasteiger partial charge in [-0.05, 0) is 50.5 Å². The summed E-state index contributed by atoms with van der Waals surface area (Å²) in [4.78, 5) is 41.5. The lowest BCUT2D eigenvalue weighted by Gasteiger charge is -2.51. The third kappa shape index (κ3) is 5.82. The molecule has 2 heterocycles. The van der Waals surface area contributed by atoms with Gasteiger partial charge in [-0.3, -0.25) is 9.59 Å². The van der Waals surface area contributed by atoms with Gasteiger partial charge in [-0.1, -0.05) is 60.5 Å². The Balaban J connectivity index is 0.00000342. The molecule has 0 bridgehead atoms. The first kappa shape index (κ1) is 26.2. The summed E-state index contributed by atoms with van der Waals surface area (Å²) in [6, 6.07) is 13.2. The van der Waals surface area contributed by atoms with E-state index in [0.29, 0.717) is 18.0 Å². The number of likely N-dealkylation sites (tertiary alicyclic amines) is 1. The molecule has 3 aromatic rings. The van der Waals surface area contributed by atoms with Crippen molar-refractivity contribution in [2.24, 2.45) is 0 Å². The zero-order valence-electron chi connectivity index (χ0n) is 19.4. The molecule has 1 unspecified atom stereocenters. The molecule has 0 radical (unpaired) electrons. The monoisotopic (exact) mass is 498 g/mol. The summed E-state index contributed by atoms with van der Waals surface area (Å²) in [7, 11) is 0. The third-order valence-corrected chi connectivity index (χ3v) is 6.45. The topological polar surface area (TPSA) is 99.5 Å². The number of carbonyl (C=O) groups is 2. The molecule has 1 aliphatic heterocycles. The maximum absolute atomic E-state index is 13.8. The number of aryl methyl sites for hydroxylation is 2. The van der Waals surface area contributed by atoms with E-state index in [2.05, 4.69) is 16.3 Å². The largest absolute Gasteiger partial charge is 0.434 e. The van der Waals surface area contributed by atoms with Crippen LogP contribution in [0.5, 0.6) is 0 Å². The second-order valence-corrected chi connectivity index (χ2v) is 9.47. The summed E-state index contributed by atoms with van der Waals surface area (Å²) in [5.74, 6) is -0.907. The van der Waals surface area contributed by atoms with E-state index in [9.17, 15) is 14.4 Å². The number of H-pyrrole nitrogens is 1. The first-order valence-electron chi connectivity index (χ1n) is 11.1. The average Bonchev–Trinajstić information content (AvgIpc) is 3.16. The van der Waals surface area contributed by atoms with Crippen LogP contribution in [0.3, 0.4) is 0 Å². The molecule has 186 valence electrons. The molecule has 0 saturated carbocycles. The van der Waals surface area contributed by atoms with Crippen molar-refractivity contribution in [3.8, 4) is 0 Å². The number of carbonyl (C=O) groups excluding carboxylic acids is 2. The van der Waals surface area contributed by atoms with Gasteiger partial charge in [0.1, 0.15) is 5.54 Å². The molecule has 1 atom stereocenters. The zero-order valence-corrected chi connectivity index (χ0v) is 20.2. The molecular formula is C26H31ClN4O4. The van der Waals surface area contributed by atoms with E-state index in [1.165, 1.54) is 0 Å². The lowest BCUT2D eigenvalue weighted by atomic mass is 9.84. The first-order valence-corrected chi connectivity index (χ1v) is 11.5. The molecule has 35 heavy (non-hydrogen) atoms. The van der Waals surface area contributed by atoms with Gasteiger partial charge >= 0.3 is 5.76 Å². The fourth-order valence-corrected chi connectivity index (χ4v) is 4.59. The van der Waals surface area contributed by atoms with Gasteiger partial charge in [0.2, 0.25) is 17.7 Å². The second kappa shape index (κ2) is 10.5. The van der Waals surface area contributed by atoms with Gasteiger partial charge in [-0.15, -0.1) is 5.10 Å². The predicted octanol–water partition coefficient (Wildman–Crippen LogP) is 4.03. The molecule has 8 nitrogen and oxygen atoms in total. The molecule has 4 rings (SSSR count). The normalized spacial score (nSPS) is 16.9. The number of halogens is 1. The summed E-state index contributed by atoms with van der Waals surface area (Å²) >= 11 is 6.00. The predicted molar refractivity (Wildman–Crippen MR) is 134 cm³/mol. The highest BCUT2D eigenvalue weighted by atomic mass is 35.5. The van der Waals surface area contributed by atoms with E-state index in [1.54, 1.807) is 28.9 Å². The van der Waals surface area contributed by atoms with Crippen molar-refractivity contribution < 1.29 is 14.0 Å². The fraction of sp³-hybridized carbons (Fsp3) is 0.385. The van der Waals surface area contributed by atoms with Crippen LogP contribution in [0.25, 0.3) is 0 Å². The lowest BCUT2D eigenvalue weighted by molar-refractivity contribution is -0.164. The Morgan fingerprint density at radius 3 is 2.31 bits per heavy atom. The molecule has 2 aromatic carbocycles. The van der Waals surface area contributed by atoms with E-state index in [0.717, 1.165) is 22.3 Å². The minimum absolute atomic E-state index is 0. The molecule has 2 amide bonds. The van der Waals surface area contributed by atoms with Crippen LogP contribution in [0, 0.1) is 13.8 Å². The van der Waals surface area contributed by atoms with Gasteiger partial charge in [0.05, 0.1) is 13.0 Å². The van der Waals surface area contributed by atoms with Crippen LogP contribution in [-0.2, 0) is 29.1 Å². The maximum atomic E-state index is 13.8. The number of rotatable bonds is 7. The summed E-state index contributed by atoms with van der Waals surface area (Å²) in [6.45, 7) is 6.54. The Morgan fingerprint density at radius 2 is 1.77 bits per heavy atom. The minimum atomic E-state index is -0.987. The van der Waals surface area contributed by atoms with E-state index < -0.39 is 11.3 Å². The highest BCUT2D eigenvalue weighted by Crippen LogP contribution is 2.34. The molecular weight excluding hydrogens is 468 g/mol. The van der Waals surface area contributed by atoms with E-state index >= 15 is 0 Å². The van der Waals surface area contributed by atoms with Crippen molar-refractivity contribution in [2.75, 3.05) is 6.54 Å². The number of hydrogen-bond donors (Lipinski definition) is 1. The van der Waals surface area contributed by atoms with Gasteiger partial charge < -0.3 is 14.2 Å². The first-order chi connectivity index (χ1) is 16.1. The van der Waals surface area contributed by atoms with Crippen molar-refractivity contribution in [3.05, 3.63) is 86.2 Å². The van der Waals surface area contributed by atoms with Gasteiger partial charge in [0, 0.05) is 18.1 Å². The molecule has 1 fully saturated rings. The van der Waals surface area contributed by atoms with Crippen LogP contribution in [0.1, 0.15) is 48.9 Å². The Hall–Kier alpha value is -3.39. The van der Waals surface area contributed by atoms with Gasteiger partial charge in [0.25, 0.3) is 0 Å². The van der Waals surface area contributed by atoms with Crippen LogP contribution < -0.4 is 5.76 Å². The molecule has 9 heteroatoms. The number of nitrogens with one attached hydrogen (secondary N) is 1. The summed E-state index contributed by atoms with van der Waals surface area (Å²) in [5, 5.41) is 6.66. The minimum Gasteiger partial charge on any atom is -0.391 e. The number of benzene rings is 2. The zero-order chi connectivity index (χ0) is 24.5. The summed E-state index contributed by atoms with van der Waals surface area (Å²) in [6.07, 6.45) is 0.781. The van der Waals surface area contributed by atoms with Crippen LogP contribution in [-0.4, -0.2) is 43.9 Å². The van der Waals surface area contributed by atoms with E-state index in [1.807, 2.05) is 38.1 Å². The lowest BCUT2D eigenvalue weighted by Crippen LogP contribution is -2.67. The number of amides is 2. The molecule has 0 spiro atoms. The highest BCUT2D eigenvalue weighted by molar-refractivity contribution is 6.30. The Labute approximate surface area is 209 Å². The van der Waals surface area contributed by atoms with Gasteiger partial charge in [0.15, 0.2) is 0 Å². The van der Waals surface area contributed by atoms with Crippen molar-refractivity contribution >= 4 is 23.4 Å². The summed E-state index contributed by atoms with van der Waals surface area (Å²) in [5.41, 5.74) is 2.99. The molecule has 1 aromatic heterocycles. The van der Waals surface area contributed by atoms with E-state index in [4.69, 9.17) is 16.0 Å². The third-order valence-electron chi connectivity index (χ3n) is 6.20. The van der Waals surface area contributed by atoms with Crippen molar-refractivity contribution in [3.63, 3.8) is 0 Å². The number of aromatic nitrogens is 2. The fourth-order valence-electron chi connectivity index (χ4n) is 4.46. The Kier molecular flexibility index (Phi) is 7.85. The maximum Gasteiger partial charge on any atom is 0.434 e. The standard InChI is InChI=1S/C25H27ClN4O4.CH4/c1-16-10-17(2)12-19(11-16)13-22(31)30-9-8-25(30,3)23(32)29(15-21-27-28-24(33)34-21)14-18-4-6-20(26)7-5-18;/h4-7,10-12H,8-9,13-15H2,1-3H3,(H,28,33);1H4. The van der Waals surface area contributed by atoms with Crippen molar-refractivity contribution in [2.45, 2.75) is 59.7 Å². The number of aromatic amines is 1. The van der Waals surface area contributed by atoms with Crippen molar-refractivity contribution in [1.82, 2.24) is 20.0 Å². The number of nitrogens with zero attached hydrogens (tertiary/aromatic N) is 3. The summed E-state index contributed by atoms with van der Waals surface area (Å²) < 4.78 is 5.04. The van der Waals surface area contributed by atoms with E-state index in [-0.39, 0.29) is 44.6 Å². The van der Waals surface area contributed by atoms with Crippen LogP contribution >= 0.6 is 11.6 Å². The van der Waals surface area contributed by atoms with Crippen LogP contribution in [0.4, 0.5) is 0 Å². The Morgan fingerprint density at radius 1 is 1.11 bits per heavy atom. The van der Waals surface area contributed by atoms with Crippen molar-refractivity contribution in [1.29, 1.82) is 0 Å². The average molecular weight is 499 g/mol. The molecule has 1 aliphatic rings. The smallest absolute Gasteiger partial charge is 0.391 e. The SMILES string of the molecule is C.Cc1cc(C)cc(CC(=O)N2CCC2(C)C(=O)N(Cc2ccc(Cl)cc2)Cc2n[nH]c(=O)o2)c1. The van der Waals surface area contributed by atoms with Crippen LogP contribution in [0.2, 0.25) is 5.02 Å². The highest BCUT2D eigenvalue weighted by Gasteiger charge is 2.51.